The van der Waals surface area contributed by atoms with Crippen LogP contribution in [0.25, 0.3) is 11.3 Å². The van der Waals surface area contributed by atoms with Crippen molar-refractivity contribution >= 4 is 28.1 Å². The number of non-ortho nitro benzene ring substituents is 1. The summed E-state index contributed by atoms with van der Waals surface area (Å²) in [5.41, 5.74) is 1.03. The van der Waals surface area contributed by atoms with Crippen molar-refractivity contribution in [3.05, 3.63) is 39.8 Å². The first-order chi connectivity index (χ1) is 13.7. The molecule has 156 valence electrons. The van der Waals surface area contributed by atoms with Gasteiger partial charge >= 0.3 is 6.18 Å². The molecule has 0 radical (unpaired) electrons. The normalized spacial score (nSPS) is 16.0. The molecule has 0 bridgehead atoms. The number of nitro groups is 1. The summed E-state index contributed by atoms with van der Waals surface area (Å²) in [6, 6.07) is 6.03. The third-order valence-corrected chi connectivity index (χ3v) is 5.10. The van der Waals surface area contributed by atoms with Gasteiger partial charge in [-0.2, -0.15) is 13.2 Å². The summed E-state index contributed by atoms with van der Waals surface area (Å²) >= 11 is 1.19. The lowest BCUT2D eigenvalue weighted by molar-refractivity contribution is -0.384. The van der Waals surface area contributed by atoms with E-state index in [1.54, 1.807) is 22.4 Å². The second kappa shape index (κ2) is 8.84. The quantitative estimate of drug-likeness (QED) is 0.561. The smallest absolute Gasteiger partial charge is 0.301 e. The monoisotopic (exact) mass is 429 g/mol. The van der Waals surface area contributed by atoms with Gasteiger partial charge in [0.1, 0.15) is 0 Å². The van der Waals surface area contributed by atoms with Gasteiger partial charge in [0.2, 0.25) is 5.91 Å². The molecular formula is C17H18F3N5O3S. The van der Waals surface area contributed by atoms with Gasteiger partial charge < -0.3 is 5.32 Å². The van der Waals surface area contributed by atoms with E-state index in [1.165, 1.54) is 28.4 Å². The summed E-state index contributed by atoms with van der Waals surface area (Å²) in [6.45, 7) is 0.376. The average molecular weight is 429 g/mol. The van der Waals surface area contributed by atoms with Crippen molar-refractivity contribution in [1.29, 1.82) is 0 Å². The number of hydrogen-bond donors (Lipinski definition) is 1. The molecule has 0 spiro atoms. The number of thiazole rings is 1. The van der Waals surface area contributed by atoms with E-state index in [0.29, 0.717) is 29.5 Å². The van der Waals surface area contributed by atoms with Gasteiger partial charge in [0.05, 0.1) is 23.7 Å². The summed E-state index contributed by atoms with van der Waals surface area (Å²) in [6.07, 6.45) is -4.22. The Bertz CT molecular complexity index is 881. The Morgan fingerprint density at radius 1 is 1.24 bits per heavy atom. The Kier molecular flexibility index (Phi) is 6.45. The van der Waals surface area contributed by atoms with Gasteiger partial charge in [0, 0.05) is 49.3 Å². The fourth-order valence-electron chi connectivity index (χ4n) is 2.96. The van der Waals surface area contributed by atoms with Crippen molar-refractivity contribution in [2.24, 2.45) is 0 Å². The molecule has 3 rings (SSSR count). The molecule has 1 amide bonds. The minimum atomic E-state index is -4.22. The molecule has 1 aromatic heterocycles. The Hall–Kier alpha value is -2.57. The Labute approximate surface area is 168 Å². The summed E-state index contributed by atoms with van der Waals surface area (Å²) in [7, 11) is 0. The van der Waals surface area contributed by atoms with Crippen LogP contribution in [-0.4, -0.2) is 71.1 Å². The molecule has 1 aromatic carbocycles. The first-order valence-electron chi connectivity index (χ1n) is 8.71. The molecule has 1 aliphatic heterocycles. The van der Waals surface area contributed by atoms with E-state index in [1.807, 2.05) is 0 Å². The van der Waals surface area contributed by atoms with Crippen molar-refractivity contribution in [2.45, 2.75) is 6.18 Å². The van der Waals surface area contributed by atoms with Crippen LogP contribution in [0.1, 0.15) is 0 Å². The fourth-order valence-corrected chi connectivity index (χ4v) is 3.70. The maximum atomic E-state index is 12.4. The SMILES string of the molecule is O=C(CN1CCN(CC(F)(F)F)CC1)Nc1nc(-c2cccc([N+](=O)[O-])c2)cs1. The highest BCUT2D eigenvalue weighted by Gasteiger charge is 2.32. The summed E-state index contributed by atoms with van der Waals surface area (Å²) in [5, 5.41) is 15.6. The lowest BCUT2D eigenvalue weighted by Gasteiger charge is -2.34. The Balaban J connectivity index is 1.51. The van der Waals surface area contributed by atoms with Crippen LogP contribution in [0, 0.1) is 10.1 Å². The minimum absolute atomic E-state index is 0.0502. The Morgan fingerprint density at radius 3 is 2.59 bits per heavy atom. The maximum absolute atomic E-state index is 12.4. The molecule has 2 aromatic rings. The molecule has 1 fully saturated rings. The molecule has 0 saturated carbocycles. The lowest BCUT2D eigenvalue weighted by Crippen LogP contribution is -2.50. The number of aromatic nitrogens is 1. The number of hydrogen-bond acceptors (Lipinski definition) is 7. The van der Waals surface area contributed by atoms with Gasteiger partial charge in [-0.15, -0.1) is 11.3 Å². The second-order valence-corrected chi connectivity index (χ2v) is 7.42. The highest BCUT2D eigenvalue weighted by Crippen LogP contribution is 2.27. The maximum Gasteiger partial charge on any atom is 0.401 e. The van der Waals surface area contributed by atoms with Crippen LogP contribution >= 0.6 is 11.3 Å². The molecular weight excluding hydrogens is 411 g/mol. The van der Waals surface area contributed by atoms with Gasteiger partial charge in [-0.3, -0.25) is 24.7 Å². The number of nitrogens with one attached hydrogen (secondary N) is 1. The minimum Gasteiger partial charge on any atom is -0.301 e. The van der Waals surface area contributed by atoms with Crippen LogP contribution in [0.5, 0.6) is 0 Å². The number of nitrogens with zero attached hydrogens (tertiary/aromatic N) is 4. The van der Waals surface area contributed by atoms with Crippen LogP contribution in [0.3, 0.4) is 0 Å². The number of carbonyl (C=O) groups excluding carboxylic acids is 1. The third-order valence-electron chi connectivity index (χ3n) is 4.34. The van der Waals surface area contributed by atoms with Gasteiger partial charge in [-0.05, 0) is 0 Å². The molecule has 0 atom stereocenters. The van der Waals surface area contributed by atoms with Gasteiger partial charge in [-0.1, -0.05) is 12.1 Å². The summed E-state index contributed by atoms with van der Waals surface area (Å²) in [5.74, 6) is -0.311. The van der Waals surface area contributed by atoms with Crippen LogP contribution in [0.4, 0.5) is 24.0 Å². The topological polar surface area (TPSA) is 91.6 Å². The molecule has 2 heterocycles. The third kappa shape index (κ3) is 6.21. The number of piperazine rings is 1. The number of benzene rings is 1. The summed E-state index contributed by atoms with van der Waals surface area (Å²) < 4.78 is 37.3. The van der Waals surface area contributed by atoms with Crippen molar-refractivity contribution in [2.75, 3.05) is 44.6 Å². The number of alkyl halides is 3. The summed E-state index contributed by atoms with van der Waals surface area (Å²) in [4.78, 5) is 30.0. The number of anilines is 1. The largest absolute Gasteiger partial charge is 0.401 e. The number of halogens is 3. The number of carbonyl (C=O) groups is 1. The van der Waals surface area contributed by atoms with Crippen molar-refractivity contribution in [3.8, 4) is 11.3 Å². The molecule has 1 saturated heterocycles. The van der Waals surface area contributed by atoms with E-state index in [-0.39, 0.29) is 31.2 Å². The van der Waals surface area contributed by atoms with E-state index < -0.39 is 17.6 Å². The van der Waals surface area contributed by atoms with E-state index in [0.717, 1.165) is 0 Å². The Morgan fingerprint density at radius 2 is 1.93 bits per heavy atom. The number of nitro benzene ring substituents is 1. The second-order valence-electron chi connectivity index (χ2n) is 6.56. The molecule has 0 unspecified atom stereocenters. The van der Waals surface area contributed by atoms with Gasteiger partial charge in [0.25, 0.3) is 5.69 Å². The van der Waals surface area contributed by atoms with Crippen molar-refractivity contribution < 1.29 is 22.9 Å². The number of rotatable bonds is 6. The zero-order valence-corrected chi connectivity index (χ0v) is 16.0. The molecule has 1 N–H and O–H groups in total. The van der Waals surface area contributed by atoms with E-state index in [9.17, 15) is 28.1 Å². The van der Waals surface area contributed by atoms with Crippen LogP contribution in [0.2, 0.25) is 0 Å². The lowest BCUT2D eigenvalue weighted by atomic mass is 10.1. The van der Waals surface area contributed by atoms with Crippen molar-refractivity contribution in [3.63, 3.8) is 0 Å². The zero-order valence-electron chi connectivity index (χ0n) is 15.2. The highest BCUT2D eigenvalue weighted by molar-refractivity contribution is 7.14. The standard InChI is InChI=1S/C17H18F3N5O3S/c18-17(19,20)11-24-6-4-23(5-7-24)9-15(26)22-16-21-14(10-29-16)12-2-1-3-13(8-12)25(27)28/h1-3,8,10H,4-7,9,11H2,(H,21,22,26). The zero-order chi connectivity index (χ0) is 21.0. The molecule has 12 heteroatoms. The highest BCUT2D eigenvalue weighted by atomic mass is 32.1. The van der Waals surface area contributed by atoms with E-state index >= 15 is 0 Å². The van der Waals surface area contributed by atoms with E-state index in [4.69, 9.17) is 0 Å². The number of amides is 1. The van der Waals surface area contributed by atoms with E-state index in [2.05, 4.69) is 10.3 Å². The predicted octanol–water partition coefficient (Wildman–Crippen LogP) is 2.84. The van der Waals surface area contributed by atoms with Crippen molar-refractivity contribution in [1.82, 2.24) is 14.8 Å². The van der Waals surface area contributed by atoms with Crippen LogP contribution < -0.4 is 5.32 Å². The average Bonchev–Trinajstić information content (AvgIpc) is 3.10. The van der Waals surface area contributed by atoms with Crippen LogP contribution in [-0.2, 0) is 4.79 Å². The fraction of sp³-hybridized carbons (Fsp3) is 0.412. The van der Waals surface area contributed by atoms with Gasteiger partial charge in [-0.25, -0.2) is 4.98 Å². The predicted molar refractivity (Wildman–Crippen MR) is 102 cm³/mol. The molecule has 8 nitrogen and oxygen atoms in total. The molecule has 1 aliphatic rings. The molecule has 0 aliphatic carbocycles. The first kappa shape index (κ1) is 21.1. The van der Waals surface area contributed by atoms with Gasteiger partial charge in [0.15, 0.2) is 5.13 Å². The first-order valence-corrected chi connectivity index (χ1v) is 9.59. The molecule has 29 heavy (non-hydrogen) atoms. The van der Waals surface area contributed by atoms with Crippen LogP contribution in [0.15, 0.2) is 29.6 Å².